The summed E-state index contributed by atoms with van der Waals surface area (Å²) in [7, 11) is 2.15. The maximum Gasteiger partial charge on any atom is 0.141 e. The number of hydrogen-bond acceptors (Lipinski definition) is 3. The monoisotopic (exact) mass is 166 g/mol. The van der Waals surface area contributed by atoms with Crippen molar-refractivity contribution in [1.82, 2.24) is 10.1 Å². The molecule has 0 amide bonds. The van der Waals surface area contributed by atoms with Gasteiger partial charge < -0.3 is 9.42 Å². The van der Waals surface area contributed by atoms with Crippen molar-refractivity contribution >= 4 is 0 Å². The van der Waals surface area contributed by atoms with Gasteiger partial charge in [0.2, 0.25) is 0 Å². The first kappa shape index (κ1) is 7.80. The highest BCUT2D eigenvalue weighted by Gasteiger charge is 2.17. The van der Waals surface area contributed by atoms with Crippen molar-refractivity contribution in [2.45, 2.75) is 19.8 Å². The van der Waals surface area contributed by atoms with E-state index in [1.165, 1.54) is 5.56 Å². The van der Waals surface area contributed by atoms with Gasteiger partial charge in [-0.1, -0.05) is 5.16 Å². The lowest BCUT2D eigenvalue weighted by molar-refractivity contribution is 0.327. The van der Waals surface area contributed by atoms with Crippen molar-refractivity contribution in [1.29, 1.82) is 0 Å². The summed E-state index contributed by atoms with van der Waals surface area (Å²) in [6.45, 7) is 4.23. The Labute approximate surface area is 72.3 Å². The van der Waals surface area contributed by atoms with E-state index in [1.54, 1.807) is 0 Å². The molecule has 66 valence electrons. The molecule has 0 spiro atoms. The zero-order valence-electron chi connectivity index (χ0n) is 7.63. The number of nitrogens with zero attached hydrogens (tertiary/aromatic N) is 2. The minimum absolute atomic E-state index is 1.01. The first-order chi connectivity index (χ1) is 5.77. The van der Waals surface area contributed by atoms with Crippen molar-refractivity contribution in [3.05, 3.63) is 17.0 Å². The summed E-state index contributed by atoms with van der Waals surface area (Å²) in [6.07, 6.45) is 2.09. The lowest BCUT2D eigenvalue weighted by atomic mass is 10.1. The molecule has 0 bridgehead atoms. The second-order valence-corrected chi connectivity index (χ2v) is 3.47. The normalized spacial score (nSPS) is 18.8. The molecule has 3 heteroatoms. The molecule has 0 aliphatic carbocycles. The van der Waals surface area contributed by atoms with Crippen LogP contribution in [0.15, 0.2) is 4.52 Å². The molecule has 1 aliphatic rings. The smallest absolute Gasteiger partial charge is 0.141 e. The van der Waals surface area contributed by atoms with Crippen molar-refractivity contribution in [3.8, 4) is 0 Å². The molecule has 0 atom stereocenters. The second kappa shape index (κ2) is 2.90. The van der Waals surface area contributed by atoms with Crippen LogP contribution in [0.5, 0.6) is 0 Å². The van der Waals surface area contributed by atoms with Crippen LogP contribution < -0.4 is 0 Å². The third-order valence-electron chi connectivity index (χ3n) is 2.53. The van der Waals surface area contributed by atoms with Gasteiger partial charge >= 0.3 is 0 Å². The Bertz CT molecular complexity index is 280. The molecule has 0 saturated heterocycles. The molecular weight excluding hydrogens is 152 g/mol. The van der Waals surface area contributed by atoms with Crippen LogP contribution in [-0.4, -0.2) is 30.2 Å². The molecule has 1 aromatic rings. The van der Waals surface area contributed by atoms with Crippen molar-refractivity contribution in [2.24, 2.45) is 0 Å². The van der Waals surface area contributed by atoms with Crippen molar-refractivity contribution in [3.63, 3.8) is 0 Å². The molecule has 3 nitrogen and oxygen atoms in total. The maximum atomic E-state index is 5.24. The van der Waals surface area contributed by atoms with Crippen LogP contribution in [0.25, 0.3) is 0 Å². The fraction of sp³-hybridized carbons (Fsp3) is 0.667. The Morgan fingerprint density at radius 2 is 2.08 bits per heavy atom. The van der Waals surface area contributed by atoms with Gasteiger partial charge in [-0.15, -0.1) is 0 Å². The quantitative estimate of drug-likeness (QED) is 0.576. The number of aromatic nitrogens is 1. The summed E-state index contributed by atoms with van der Waals surface area (Å²) in [6, 6.07) is 0. The molecule has 0 unspecified atom stereocenters. The standard InChI is InChI=1S/C9H14N2O/c1-7-8-3-5-11(2)6-4-9(8)12-10-7/h3-6H2,1-2H3. The van der Waals surface area contributed by atoms with Crippen LogP contribution in [0, 0.1) is 6.92 Å². The van der Waals surface area contributed by atoms with E-state index in [4.69, 9.17) is 4.52 Å². The second-order valence-electron chi connectivity index (χ2n) is 3.47. The van der Waals surface area contributed by atoms with Crippen LogP contribution >= 0.6 is 0 Å². The van der Waals surface area contributed by atoms with E-state index in [1.807, 2.05) is 6.92 Å². The van der Waals surface area contributed by atoms with Crippen LogP contribution in [0.3, 0.4) is 0 Å². The highest BCUT2D eigenvalue weighted by atomic mass is 16.5. The molecule has 0 fully saturated rings. The van der Waals surface area contributed by atoms with Gasteiger partial charge in [-0.05, 0) is 20.4 Å². The van der Waals surface area contributed by atoms with E-state index in [0.29, 0.717) is 0 Å². The predicted molar refractivity (Wildman–Crippen MR) is 46.1 cm³/mol. The minimum atomic E-state index is 1.01. The van der Waals surface area contributed by atoms with Gasteiger partial charge in [-0.3, -0.25) is 0 Å². The summed E-state index contributed by atoms with van der Waals surface area (Å²) in [5, 5.41) is 3.97. The number of likely N-dealkylation sites (N-methyl/N-ethyl adjacent to an activating group) is 1. The molecule has 0 aromatic carbocycles. The average Bonchev–Trinajstić information content (AvgIpc) is 2.28. The van der Waals surface area contributed by atoms with Gasteiger partial charge in [0.05, 0.1) is 5.69 Å². The predicted octanol–water partition coefficient (Wildman–Crippen LogP) is 1.01. The van der Waals surface area contributed by atoms with Gasteiger partial charge in [0.1, 0.15) is 5.76 Å². The highest BCUT2D eigenvalue weighted by molar-refractivity contribution is 5.23. The van der Waals surface area contributed by atoms with E-state index in [9.17, 15) is 0 Å². The number of aryl methyl sites for hydroxylation is 1. The first-order valence-corrected chi connectivity index (χ1v) is 4.40. The fourth-order valence-electron chi connectivity index (χ4n) is 1.66. The van der Waals surface area contributed by atoms with Gasteiger partial charge in [0.15, 0.2) is 0 Å². The largest absolute Gasteiger partial charge is 0.361 e. The van der Waals surface area contributed by atoms with Gasteiger partial charge in [-0.25, -0.2) is 0 Å². The first-order valence-electron chi connectivity index (χ1n) is 4.40. The summed E-state index contributed by atoms with van der Waals surface area (Å²) in [4.78, 5) is 2.33. The van der Waals surface area contributed by atoms with E-state index in [0.717, 1.165) is 37.4 Å². The van der Waals surface area contributed by atoms with E-state index in [-0.39, 0.29) is 0 Å². The van der Waals surface area contributed by atoms with Crippen LogP contribution in [-0.2, 0) is 12.8 Å². The minimum Gasteiger partial charge on any atom is -0.361 e. The number of fused-ring (bicyclic) bond motifs is 1. The zero-order valence-corrected chi connectivity index (χ0v) is 7.63. The third-order valence-corrected chi connectivity index (χ3v) is 2.53. The zero-order chi connectivity index (χ0) is 8.55. The van der Waals surface area contributed by atoms with Gasteiger partial charge in [0.25, 0.3) is 0 Å². The summed E-state index contributed by atoms with van der Waals surface area (Å²) >= 11 is 0. The summed E-state index contributed by atoms with van der Waals surface area (Å²) in [5.41, 5.74) is 2.40. The maximum absolute atomic E-state index is 5.24. The summed E-state index contributed by atoms with van der Waals surface area (Å²) < 4.78 is 5.24. The molecular formula is C9H14N2O. The Hall–Kier alpha value is -0.830. The third kappa shape index (κ3) is 1.25. The average molecular weight is 166 g/mol. The fourth-order valence-corrected chi connectivity index (χ4v) is 1.66. The molecule has 0 radical (unpaired) electrons. The topological polar surface area (TPSA) is 29.3 Å². The molecule has 2 rings (SSSR count). The molecule has 0 N–H and O–H groups in total. The van der Waals surface area contributed by atoms with Gasteiger partial charge in [-0.2, -0.15) is 0 Å². The van der Waals surface area contributed by atoms with Crippen LogP contribution in [0.2, 0.25) is 0 Å². The molecule has 2 heterocycles. The van der Waals surface area contributed by atoms with Gasteiger partial charge in [0, 0.05) is 25.1 Å². The van der Waals surface area contributed by atoms with Crippen molar-refractivity contribution < 1.29 is 4.52 Å². The molecule has 0 saturated carbocycles. The lowest BCUT2D eigenvalue weighted by Gasteiger charge is -2.10. The van der Waals surface area contributed by atoms with E-state index in [2.05, 4.69) is 17.1 Å². The van der Waals surface area contributed by atoms with E-state index >= 15 is 0 Å². The van der Waals surface area contributed by atoms with Crippen LogP contribution in [0.1, 0.15) is 17.0 Å². The number of hydrogen-bond donors (Lipinski definition) is 0. The van der Waals surface area contributed by atoms with E-state index < -0.39 is 0 Å². The lowest BCUT2D eigenvalue weighted by Crippen LogP contribution is -2.20. The van der Waals surface area contributed by atoms with Crippen molar-refractivity contribution in [2.75, 3.05) is 20.1 Å². The Morgan fingerprint density at radius 3 is 2.92 bits per heavy atom. The Balaban J connectivity index is 2.28. The molecule has 12 heavy (non-hydrogen) atoms. The molecule has 1 aromatic heterocycles. The Morgan fingerprint density at radius 1 is 1.33 bits per heavy atom. The SMILES string of the molecule is Cc1noc2c1CCN(C)CC2. The summed E-state index contributed by atoms with van der Waals surface area (Å²) in [5.74, 6) is 1.09. The highest BCUT2D eigenvalue weighted by Crippen LogP contribution is 2.17. The Kier molecular flexibility index (Phi) is 1.89. The van der Waals surface area contributed by atoms with Crippen LogP contribution in [0.4, 0.5) is 0 Å². The molecule has 1 aliphatic heterocycles. The number of rotatable bonds is 0.